The zero-order valence-electron chi connectivity index (χ0n) is 10.7. The molecule has 0 saturated carbocycles. The van der Waals surface area contributed by atoms with Crippen molar-refractivity contribution in [3.05, 3.63) is 66.4 Å². The van der Waals surface area contributed by atoms with Crippen LogP contribution >= 0.6 is 27.5 Å². The highest BCUT2D eigenvalue weighted by Crippen LogP contribution is 2.30. The molecule has 2 aromatic carbocycles. The zero-order chi connectivity index (χ0) is 15.9. The van der Waals surface area contributed by atoms with Crippen molar-refractivity contribution in [2.45, 2.75) is 0 Å². The molecule has 0 bridgehead atoms. The van der Waals surface area contributed by atoms with Crippen molar-refractivity contribution >= 4 is 44.1 Å². The van der Waals surface area contributed by atoms with Crippen molar-refractivity contribution in [2.75, 3.05) is 0 Å². The molecule has 6 nitrogen and oxygen atoms in total. The Balaban J connectivity index is 2.21. The highest BCUT2D eigenvalue weighted by molar-refractivity contribution is 9.10. The number of nitro benzene ring substituents is 1. The van der Waals surface area contributed by atoms with E-state index in [4.69, 9.17) is 16.0 Å². The van der Waals surface area contributed by atoms with Crippen LogP contribution in [0.5, 0.6) is 0 Å². The summed E-state index contributed by atoms with van der Waals surface area (Å²) in [5.74, 6) is 0.0136. The van der Waals surface area contributed by atoms with Crippen molar-refractivity contribution < 1.29 is 9.34 Å². The third-order valence-electron chi connectivity index (χ3n) is 2.98. The van der Waals surface area contributed by atoms with E-state index < -0.39 is 10.5 Å². The van der Waals surface area contributed by atoms with Gasteiger partial charge in [-0.1, -0.05) is 27.5 Å². The molecule has 0 aliphatic heterocycles. The Morgan fingerprint density at radius 2 is 2.00 bits per heavy atom. The summed E-state index contributed by atoms with van der Waals surface area (Å²) in [6.45, 7) is 0. The molecule has 3 rings (SSSR count). The molecule has 1 heterocycles. The van der Waals surface area contributed by atoms with Crippen LogP contribution in [0.15, 0.2) is 50.1 Å². The number of benzene rings is 2. The molecular weight excluding hydrogens is 376 g/mol. The Morgan fingerprint density at radius 3 is 2.68 bits per heavy atom. The molecule has 0 aliphatic rings. The number of nitro groups is 1. The van der Waals surface area contributed by atoms with Crippen LogP contribution < -0.4 is 5.63 Å². The summed E-state index contributed by atoms with van der Waals surface area (Å²) in [6.07, 6.45) is 0. The van der Waals surface area contributed by atoms with Gasteiger partial charge in [0.15, 0.2) is 0 Å². The molecule has 0 amide bonds. The fourth-order valence-corrected chi connectivity index (χ4v) is 2.57. The van der Waals surface area contributed by atoms with E-state index in [0.29, 0.717) is 16.5 Å². The van der Waals surface area contributed by atoms with E-state index in [0.717, 1.165) is 4.47 Å². The molecule has 0 atom stereocenters. The van der Waals surface area contributed by atoms with Gasteiger partial charge in [-0.25, -0.2) is 9.78 Å². The molecule has 1 aromatic heterocycles. The first-order valence-corrected chi connectivity index (χ1v) is 7.17. The summed E-state index contributed by atoms with van der Waals surface area (Å²) in [5.41, 5.74) is 0.0505. The van der Waals surface area contributed by atoms with Gasteiger partial charge in [0.1, 0.15) is 0 Å². The summed E-state index contributed by atoms with van der Waals surface area (Å²) in [6, 6.07) is 8.87. The second-order valence-corrected chi connectivity index (χ2v) is 5.71. The molecule has 0 unspecified atom stereocenters. The Morgan fingerprint density at radius 1 is 1.23 bits per heavy atom. The number of hydrogen-bond acceptors (Lipinski definition) is 5. The van der Waals surface area contributed by atoms with Gasteiger partial charge < -0.3 is 4.42 Å². The minimum absolute atomic E-state index is 0.0136. The first-order valence-electron chi connectivity index (χ1n) is 6.00. The molecule has 110 valence electrons. The molecule has 0 radical (unpaired) electrons. The van der Waals surface area contributed by atoms with E-state index in [1.54, 1.807) is 18.2 Å². The molecular formula is C14H6BrClN2O4. The molecule has 0 spiro atoms. The van der Waals surface area contributed by atoms with Gasteiger partial charge in [0, 0.05) is 16.6 Å². The average Bonchev–Trinajstić information content (AvgIpc) is 2.47. The maximum absolute atomic E-state index is 12.0. The second kappa shape index (κ2) is 5.51. The van der Waals surface area contributed by atoms with Crippen LogP contribution in [0.25, 0.3) is 22.4 Å². The fraction of sp³-hybridized carbons (Fsp3) is 0. The lowest BCUT2D eigenvalue weighted by Crippen LogP contribution is -2.03. The largest absolute Gasteiger partial charge is 0.403 e. The number of rotatable bonds is 2. The number of hydrogen-bond donors (Lipinski definition) is 0. The molecule has 0 fully saturated rings. The maximum atomic E-state index is 12.0. The van der Waals surface area contributed by atoms with Crippen LogP contribution in [0.1, 0.15) is 0 Å². The fourth-order valence-electron chi connectivity index (χ4n) is 1.95. The monoisotopic (exact) mass is 380 g/mol. The highest BCUT2D eigenvalue weighted by Gasteiger charge is 2.15. The van der Waals surface area contributed by atoms with Gasteiger partial charge in [-0.3, -0.25) is 10.1 Å². The maximum Gasteiger partial charge on any atom is 0.347 e. The van der Waals surface area contributed by atoms with Gasteiger partial charge in [-0.15, -0.1) is 0 Å². The Hall–Kier alpha value is -2.25. The van der Waals surface area contributed by atoms with Gasteiger partial charge >= 0.3 is 5.63 Å². The van der Waals surface area contributed by atoms with Crippen LogP contribution in [0, 0.1) is 10.1 Å². The molecule has 22 heavy (non-hydrogen) atoms. The van der Waals surface area contributed by atoms with Gasteiger partial charge in [-0.05, 0) is 24.3 Å². The van der Waals surface area contributed by atoms with Crippen LogP contribution in [0.2, 0.25) is 5.02 Å². The molecule has 3 aromatic rings. The lowest BCUT2D eigenvalue weighted by Gasteiger charge is -2.04. The first-order chi connectivity index (χ1) is 10.5. The van der Waals surface area contributed by atoms with E-state index in [9.17, 15) is 14.9 Å². The number of non-ortho nitro benzene ring substituents is 1. The van der Waals surface area contributed by atoms with Crippen LogP contribution in [0.3, 0.4) is 0 Å². The summed E-state index contributed by atoms with van der Waals surface area (Å²) >= 11 is 9.29. The smallest absolute Gasteiger partial charge is 0.347 e. The topological polar surface area (TPSA) is 86.2 Å². The van der Waals surface area contributed by atoms with Crippen LogP contribution in [-0.2, 0) is 0 Å². The SMILES string of the molecule is O=c1oc(-c2ccc([N+](=O)[O-])cc2Cl)nc2ccc(Br)cc12. The minimum Gasteiger partial charge on any atom is -0.403 e. The number of nitrogens with zero attached hydrogens (tertiary/aromatic N) is 2. The van der Waals surface area contributed by atoms with Crippen molar-refractivity contribution in [3.63, 3.8) is 0 Å². The third-order valence-corrected chi connectivity index (χ3v) is 3.79. The van der Waals surface area contributed by atoms with Crippen molar-refractivity contribution in [3.8, 4) is 11.5 Å². The molecule has 0 N–H and O–H groups in total. The number of aromatic nitrogens is 1. The number of fused-ring (bicyclic) bond motifs is 1. The van der Waals surface area contributed by atoms with E-state index in [1.807, 2.05) is 0 Å². The summed E-state index contributed by atoms with van der Waals surface area (Å²) in [7, 11) is 0. The van der Waals surface area contributed by atoms with Gasteiger partial charge in [0.25, 0.3) is 5.69 Å². The van der Waals surface area contributed by atoms with Gasteiger partial charge in [0.05, 0.1) is 26.4 Å². The third kappa shape index (κ3) is 2.60. The van der Waals surface area contributed by atoms with Crippen molar-refractivity contribution in [1.29, 1.82) is 0 Å². The Labute approximate surface area is 136 Å². The zero-order valence-corrected chi connectivity index (χ0v) is 13.1. The van der Waals surface area contributed by atoms with Crippen LogP contribution in [0.4, 0.5) is 5.69 Å². The van der Waals surface area contributed by atoms with Gasteiger partial charge in [0.2, 0.25) is 5.89 Å². The number of halogens is 2. The lowest BCUT2D eigenvalue weighted by atomic mass is 10.2. The molecule has 0 aliphatic carbocycles. The van der Waals surface area contributed by atoms with E-state index in [1.165, 1.54) is 18.2 Å². The van der Waals surface area contributed by atoms with Crippen molar-refractivity contribution in [2.24, 2.45) is 0 Å². The van der Waals surface area contributed by atoms with E-state index in [-0.39, 0.29) is 16.6 Å². The lowest BCUT2D eigenvalue weighted by molar-refractivity contribution is -0.384. The predicted molar refractivity (Wildman–Crippen MR) is 85.1 cm³/mol. The second-order valence-electron chi connectivity index (χ2n) is 4.39. The van der Waals surface area contributed by atoms with Crippen molar-refractivity contribution in [1.82, 2.24) is 4.98 Å². The normalized spacial score (nSPS) is 10.8. The predicted octanol–water partition coefficient (Wildman–Crippen LogP) is 4.18. The van der Waals surface area contributed by atoms with E-state index >= 15 is 0 Å². The Kier molecular flexibility index (Phi) is 3.67. The van der Waals surface area contributed by atoms with E-state index in [2.05, 4.69) is 20.9 Å². The summed E-state index contributed by atoms with van der Waals surface area (Å²) < 4.78 is 5.90. The molecule has 0 saturated heterocycles. The summed E-state index contributed by atoms with van der Waals surface area (Å²) in [4.78, 5) is 26.4. The summed E-state index contributed by atoms with van der Waals surface area (Å²) in [5, 5.41) is 11.1. The standard InChI is InChI=1S/C14H6BrClN2O4/c15-7-1-4-12-10(5-7)14(19)22-13(17-12)9-3-2-8(18(20)21)6-11(9)16/h1-6H. The first kappa shape index (κ1) is 14.7. The Bertz CT molecular complexity index is 971. The quantitative estimate of drug-likeness (QED) is 0.491. The van der Waals surface area contributed by atoms with Crippen LogP contribution in [-0.4, -0.2) is 9.91 Å². The van der Waals surface area contributed by atoms with Gasteiger partial charge in [-0.2, -0.15) is 0 Å². The minimum atomic E-state index is -0.560. The molecule has 8 heteroatoms. The average molecular weight is 382 g/mol. The highest BCUT2D eigenvalue weighted by atomic mass is 79.9.